The van der Waals surface area contributed by atoms with Crippen LogP contribution in [-0.4, -0.2) is 42.6 Å². The number of carbonyl (C=O) groups is 1. The smallest absolute Gasteiger partial charge is 0.223 e. The summed E-state index contributed by atoms with van der Waals surface area (Å²) in [5.74, 6) is -1.14. The van der Waals surface area contributed by atoms with Gasteiger partial charge in [0.25, 0.3) is 0 Å². The normalized spacial score (nSPS) is 23.3. The number of benzene rings is 1. The molecular formula is C18H24F2N2O2. The highest BCUT2D eigenvalue weighted by Crippen LogP contribution is 2.46. The first-order valence-corrected chi connectivity index (χ1v) is 8.52. The Morgan fingerprint density at radius 2 is 2.17 bits per heavy atom. The van der Waals surface area contributed by atoms with E-state index >= 15 is 0 Å². The van der Waals surface area contributed by atoms with Gasteiger partial charge >= 0.3 is 0 Å². The van der Waals surface area contributed by atoms with E-state index in [-0.39, 0.29) is 24.0 Å². The number of hydrogen-bond acceptors (Lipinski definition) is 3. The lowest BCUT2D eigenvalue weighted by molar-refractivity contribution is -0.127. The summed E-state index contributed by atoms with van der Waals surface area (Å²) < 4.78 is 33.1. The monoisotopic (exact) mass is 338 g/mol. The van der Waals surface area contributed by atoms with Gasteiger partial charge in [-0.2, -0.15) is 0 Å². The van der Waals surface area contributed by atoms with Gasteiger partial charge in [0, 0.05) is 24.7 Å². The lowest BCUT2D eigenvalue weighted by atomic mass is 10.0. The van der Waals surface area contributed by atoms with Crippen LogP contribution >= 0.6 is 0 Å². The minimum Gasteiger partial charge on any atom is -0.375 e. The van der Waals surface area contributed by atoms with Crippen LogP contribution in [0.25, 0.3) is 0 Å². The van der Waals surface area contributed by atoms with Crippen molar-refractivity contribution in [1.29, 1.82) is 0 Å². The number of halogens is 2. The molecule has 1 saturated heterocycles. The van der Waals surface area contributed by atoms with Crippen LogP contribution in [0.1, 0.15) is 38.7 Å². The molecule has 0 bridgehead atoms. The number of morpholine rings is 1. The molecule has 24 heavy (non-hydrogen) atoms. The van der Waals surface area contributed by atoms with Gasteiger partial charge in [-0.15, -0.1) is 0 Å². The number of rotatable bonds is 5. The highest BCUT2D eigenvalue weighted by atomic mass is 19.1. The van der Waals surface area contributed by atoms with Crippen LogP contribution in [0.5, 0.6) is 0 Å². The fourth-order valence-electron chi connectivity index (χ4n) is 3.31. The van der Waals surface area contributed by atoms with Gasteiger partial charge in [-0.1, -0.05) is 0 Å². The third-order valence-corrected chi connectivity index (χ3v) is 4.89. The third kappa shape index (κ3) is 3.75. The second-order valence-electron chi connectivity index (χ2n) is 7.04. The fourth-order valence-corrected chi connectivity index (χ4v) is 3.31. The predicted octanol–water partition coefficient (Wildman–Crippen LogP) is 2.57. The van der Waals surface area contributed by atoms with Crippen LogP contribution in [0.2, 0.25) is 0 Å². The molecule has 0 spiro atoms. The topological polar surface area (TPSA) is 41.6 Å². The van der Waals surface area contributed by atoms with E-state index in [1.807, 2.05) is 0 Å². The van der Waals surface area contributed by atoms with Crippen LogP contribution in [0, 0.1) is 11.6 Å². The molecule has 1 aliphatic heterocycles. The van der Waals surface area contributed by atoms with Crippen molar-refractivity contribution in [3.05, 3.63) is 35.4 Å². The lowest BCUT2D eigenvalue weighted by Crippen LogP contribution is -2.48. The molecule has 132 valence electrons. The van der Waals surface area contributed by atoms with Gasteiger partial charge in [-0.25, -0.2) is 8.78 Å². The largest absolute Gasteiger partial charge is 0.375 e. The number of amides is 1. The Balaban J connectivity index is 1.61. The van der Waals surface area contributed by atoms with Crippen LogP contribution in [0.3, 0.4) is 0 Å². The van der Waals surface area contributed by atoms with E-state index in [0.717, 1.165) is 18.7 Å². The van der Waals surface area contributed by atoms with Crippen LogP contribution in [0.4, 0.5) is 8.78 Å². The Bertz CT molecular complexity index is 617. The second-order valence-corrected chi connectivity index (χ2v) is 7.04. The van der Waals surface area contributed by atoms with Gasteiger partial charge in [-0.3, -0.25) is 9.69 Å². The van der Waals surface area contributed by atoms with Crippen molar-refractivity contribution in [1.82, 2.24) is 10.2 Å². The zero-order chi connectivity index (χ0) is 17.3. The van der Waals surface area contributed by atoms with Crippen molar-refractivity contribution in [3.8, 4) is 0 Å². The van der Waals surface area contributed by atoms with E-state index in [1.165, 1.54) is 6.07 Å². The molecule has 2 aliphatic rings. The minimum absolute atomic E-state index is 0.158. The molecule has 0 unspecified atom stereocenters. The number of hydrogen-bond donors (Lipinski definition) is 1. The summed E-state index contributed by atoms with van der Waals surface area (Å²) >= 11 is 0. The number of ether oxygens (including phenoxy) is 1. The van der Waals surface area contributed by atoms with Crippen LogP contribution in [-0.2, 0) is 15.1 Å². The molecule has 1 saturated carbocycles. The first kappa shape index (κ1) is 17.3. The second kappa shape index (κ2) is 6.76. The summed E-state index contributed by atoms with van der Waals surface area (Å²) in [6, 6.07) is 3.80. The van der Waals surface area contributed by atoms with Crippen LogP contribution < -0.4 is 5.32 Å². The maximum Gasteiger partial charge on any atom is 0.223 e. The number of nitrogens with zero attached hydrogens (tertiary/aromatic N) is 1. The molecule has 6 heteroatoms. The maximum atomic E-state index is 14.0. The van der Waals surface area contributed by atoms with Crippen molar-refractivity contribution in [2.24, 2.45) is 0 Å². The van der Waals surface area contributed by atoms with Crippen molar-refractivity contribution in [2.75, 3.05) is 19.7 Å². The van der Waals surface area contributed by atoms with Gasteiger partial charge in [0.05, 0.1) is 24.7 Å². The van der Waals surface area contributed by atoms with Crippen molar-refractivity contribution >= 4 is 5.91 Å². The molecule has 1 aromatic rings. The van der Waals surface area contributed by atoms with E-state index in [9.17, 15) is 13.6 Å². The Morgan fingerprint density at radius 3 is 2.83 bits per heavy atom. The van der Waals surface area contributed by atoms with E-state index in [2.05, 4.69) is 24.1 Å². The van der Waals surface area contributed by atoms with E-state index in [4.69, 9.17) is 4.74 Å². The Labute approximate surface area is 141 Å². The molecule has 1 aliphatic carbocycles. The maximum absolute atomic E-state index is 14.0. The summed E-state index contributed by atoms with van der Waals surface area (Å²) in [4.78, 5) is 14.7. The van der Waals surface area contributed by atoms with Crippen molar-refractivity contribution in [3.63, 3.8) is 0 Å². The fraction of sp³-hybridized carbons (Fsp3) is 0.611. The summed E-state index contributed by atoms with van der Waals surface area (Å²) in [5.41, 5.74) is -0.514. The SMILES string of the molecule is CC(C)N1CCO[C@H](CC(=O)NC2(c3cc(F)ccc3F)CC2)C1. The molecule has 1 heterocycles. The third-order valence-electron chi connectivity index (χ3n) is 4.89. The number of nitrogens with one attached hydrogen (secondary N) is 1. The van der Waals surface area contributed by atoms with Gasteiger partial charge in [0.15, 0.2) is 0 Å². The zero-order valence-electron chi connectivity index (χ0n) is 14.1. The van der Waals surface area contributed by atoms with E-state index in [0.29, 0.717) is 32.0 Å². The summed E-state index contributed by atoms with van der Waals surface area (Å²) in [6.45, 7) is 6.43. The molecule has 1 N–H and O–H groups in total. The average Bonchev–Trinajstić information content (AvgIpc) is 3.30. The quantitative estimate of drug-likeness (QED) is 0.897. The molecule has 1 atom stereocenters. The van der Waals surface area contributed by atoms with Crippen molar-refractivity contribution < 1.29 is 18.3 Å². The van der Waals surface area contributed by atoms with E-state index < -0.39 is 17.2 Å². The Hall–Kier alpha value is -1.53. The van der Waals surface area contributed by atoms with Gasteiger partial charge in [-0.05, 0) is 44.9 Å². The first-order valence-electron chi connectivity index (χ1n) is 8.52. The van der Waals surface area contributed by atoms with Gasteiger partial charge in [0.1, 0.15) is 11.6 Å². The van der Waals surface area contributed by atoms with Crippen molar-refractivity contribution in [2.45, 2.75) is 50.8 Å². The minimum atomic E-state index is -0.754. The molecule has 4 nitrogen and oxygen atoms in total. The standard InChI is InChI=1S/C18H24F2N2O2/c1-12(2)22-7-8-24-14(11-22)10-17(23)21-18(5-6-18)15-9-13(19)3-4-16(15)20/h3-4,9,12,14H,5-8,10-11H2,1-2H3,(H,21,23)/t14-/m1/s1. The van der Waals surface area contributed by atoms with Crippen LogP contribution in [0.15, 0.2) is 18.2 Å². The summed E-state index contributed by atoms with van der Waals surface area (Å²) in [6.07, 6.45) is 1.34. The lowest BCUT2D eigenvalue weighted by Gasteiger charge is -2.35. The summed E-state index contributed by atoms with van der Waals surface area (Å²) in [5, 5.41) is 2.90. The molecule has 2 fully saturated rings. The zero-order valence-corrected chi connectivity index (χ0v) is 14.1. The Kier molecular flexibility index (Phi) is 4.88. The highest BCUT2D eigenvalue weighted by Gasteiger charge is 2.47. The predicted molar refractivity (Wildman–Crippen MR) is 86.5 cm³/mol. The summed E-state index contributed by atoms with van der Waals surface area (Å²) in [7, 11) is 0. The molecule has 1 aromatic carbocycles. The molecule has 0 radical (unpaired) electrons. The number of carbonyl (C=O) groups excluding carboxylic acids is 1. The van der Waals surface area contributed by atoms with E-state index in [1.54, 1.807) is 0 Å². The first-order chi connectivity index (χ1) is 11.4. The molecule has 0 aromatic heterocycles. The van der Waals surface area contributed by atoms with Gasteiger partial charge < -0.3 is 10.1 Å². The molecular weight excluding hydrogens is 314 g/mol. The van der Waals surface area contributed by atoms with Gasteiger partial charge in [0.2, 0.25) is 5.91 Å². The molecule has 1 amide bonds. The average molecular weight is 338 g/mol. The molecule has 3 rings (SSSR count). The Morgan fingerprint density at radius 1 is 1.42 bits per heavy atom. The highest BCUT2D eigenvalue weighted by molar-refractivity contribution is 5.78.